The van der Waals surface area contributed by atoms with Crippen molar-refractivity contribution < 1.29 is 14.3 Å². The van der Waals surface area contributed by atoms with Gasteiger partial charge in [0.1, 0.15) is 0 Å². The van der Waals surface area contributed by atoms with E-state index in [1.807, 2.05) is 0 Å². The van der Waals surface area contributed by atoms with Gasteiger partial charge in [0.05, 0.1) is 25.2 Å². The van der Waals surface area contributed by atoms with Gasteiger partial charge >= 0.3 is 5.97 Å². The summed E-state index contributed by atoms with van der Waals surface area (Å²) in [5.41, 5.74) is 1.38. The van der Waals surface area contributed by atoms with Gasteiger partial charge in [-0.05, 0) is 37.2 Å². The van der Waals surface area contributed by atoms with Gasteiger partial charge in [0.15, 0.2) is 0 Å². The summed E-state index contributed by atoms with van der Waals surface area (Å²) in [5, 5.41) is 0. The first-order valence-corrected chi connectivity index (χ1v) is 8.67. The number of carbonyl (C=O) groups excluding carboxylic acids is 1. The second-order valence-electron chi connectivity index (χ2n) is 6.59. The molecule has 0 aromatic heterocycles. The SMILES string of the molecule is O=C1C[C@@H]2C[C@H](c3ccccc3)C[C@@H](CCCCCCO1)O2. The van der Waals surface area contributed by atoms with E-state index in [0.717, 1.165) is 32.1 Å². The second-order valence-corrected chi connectivity index (χ2v) is 6.59. The molecule has 1 aromatic rings. The molecule has 2 heterocycles. The quantitative estimate of drug-likeness (QED) is 0.729. The van der Waals surface area contributed by atoms with E-state index in [-0.39, 0.29) is 18.2 Å². The fourth-order valence-electron chi connectivity index (χ4n) is 3.69. The van der Waals surface area contributed by atoms with E-state index in [4.69, 9.17) is 9.47 Å². The highest BCUT2D eigenvalue weighted by Crippen LogP contribution is 2.36. The number of cyclic esters (lactones) is 1. The molecule has 120 valence electrons. The van der Waals surface area contributed by atoms with Crippen molar-refractivity contribution in [1.29, 1.82) is 0 Å². The Morgan fingerprint density at radius 1 is 0.909 bits per heavy atom. The standard InChI is InChI=1S/C19H26O3/c20-19-14-18-13-16(15-8-4-3-5-9-15)12-17(22-18)10-6-1-2-7-11-21-19/h3-5,8-9,16-18H,1-2,6-7,10-14H2/t16-,17-,18+/m1/s1. The molecule has 22 heavy (non-hydrogen) atoms. The molecule has 0 aliphatic carbocycles. The summed E-state index contributed by atoms with van der Waals surface area (Å²) in [6.07, 6.45) is 8.39. The minimum absolute atomic E-state index is 0.0101. The summed E-state index contributed by atoms with van der Waals surface area (Å²) in [6, 6.07) is 10.7. The van der Waals surface area contributed by atoms with E-state index in [2.05, 4.69) is 30.3 Å². The molecule has 2 saturated heterocycles. The first-order chi connectivity index (χ1) is 10.8. The number of benzene rings is 1. The molecule has 2 aliphatic rings. The Bertz CT molecular complexity index is 471. The highest BCUT2D eigenvalue weighted by atomic mass is 16.5. The van der Waals surface area contributed by atoms with Crippen LogP contribution in [0.2, 0.25) is 0 Å². The molecular formula is C19H26O3. The van der Waals surface area contributed by atoms with E-state index >= 15 is 0 Å². The van der Waals surface area contributed by atoms with Crippen LogP contribution in [0, 0.1) is 0 Å². The molecule has 0 N–H and O–H groups in total. The third kappa shape index (κ3) is 4.33. The Kier molecular flexibility index (Phi) is 5.49. The summed E-state index contributed by atoms with van der Waals surface area (Å²) in [4.78, 5) is 11.9. The fourth-order valence-corrected chi connectivity index (χ4v) is 3.69. The number of esters is 1. The number of hydrogen-bond donors (Lipinski definition) is 0. The Hall–Kier alpha value is -1.35. The van der Waals surface area contributed by atoms with Crippen molar-refractivity contribution >= 4 is 5.97 Å². The van der Waals surface area contributed by atoms with Crippen molar-refractivity contribution in [3.05, 3.63) is 35.9 Å². The van der Waals surface area contributed by atoms with Crippen molar-refractivity contribution in [2.24, 2.45) is 0 Å². The van der Waals surface area contributed by atoms with Crippen LogP contribution in [0.4, 0.5) is 0 Å². The minimum atomic E-state index is -0.0990. The normalized spacial score (nSPS) is 30.7. The lowest BCUT2D eigenvalue weighted by atomic mass is 9.83. The number of hydrogen-bond acceptors (Lipinski definition) is 3. The number of ether oxygens (including phenoxy) is 2. The molecule has 0 radical (unpaired) electrons. The third-order valence-corrected chi connectivity index (χ3v) is 4.83. The molecule has 3 nitrogen and oxygen atoms in total. The second kappa shape index (κ2) is 7.77. The first kappa shape index (κ1) is 15.5. The highest BCUT2D eigenvalue weighted by Gasteiger charge is 2.31. The zero-order valence-corrected chi connectivity index (χ0v) is 13.2. The molecule has 3 rings (SSSR count). The van der Waals surface area contributed by atoms with Crippen molar-refractivity contribution in [3.8, 4) is 0 Å². The van der Waals surface area contributed by atoms with Gasteiger partial charge in [-0.15, -0.1) is 0 Å². The summed E-state index contributed by atoms with van der Waals surface area (Å²) in [6.45, 7) is 0.567. The predicted octanol–water partition coefficient (Wildman–Crippen LogP) is 4.22. The van der Waals surface area contributed by atoms with Gasteiger partial charge in [0, 0.05) is 0 Å². The lowest BCUT2D eigenvalue weighted by Gasteiger charge is -2.36. The molecule has 2 bridgehead atoms. The summed E-state index contributed by atoms with van der Waals surface area (Å²) < 4.78 is 11.5. The minimum Gasteiger partial charge on any atom is -0.466 e. The van der Waals surface area contributed by atoms with Crippen molar-refractivity contribution in [3.63, 3.8) is 0 Å². The largest absolute Gasteiger partial charge is 0.466 e. The van der Waals surface area contributed by atoms with Crippen LogP contribution in [0.25, 0.3) is 0 Å². The van der Waals surface area contributed by atoms with Gasteiger partial charge < -0.3 is 9.47 Å². The molecule has 2 fully saturated rings. The molecule has 0 unspecified atom stereocenters. The van der Waals surface area contributed by atoms with E-state index in [1.54, 1.807) is 0 Å². The fraction of sp³-hybridized carbons (Fsp3) is 0.632. The zero-order chi connectivity index (χ0) is 15.2. The number of fused-ring (bicyclic) bond motifs is 2. The predicted molar refractivity (Wildman–Crippen MR) is 85.7 cm³/mol. The van der Waals surface area contributed by atoms with E-state index in [0.29, 0.717) is 18.9 Å². The van der Waals surface area contributed by atoms with Crippen LogP contribution < -0.4 is 0 Å². The maximum absolute atomic E-state index is 11.9. The third-order valence-electron chi connectivity index (χ3n) is 4.83. The Balaban J connectivity index is 1.70. The molecule has 3 atom stereocenters. The van der Waals surface area contributed by atoms with Crippen molar-refractivity contribution in [2.75, 3.05) is 6.61 Å². The highest BCUT2D eigenvalue weighted by molar-refractivity contribution is 5.70. The van der Waals surface area contributed by atoms with Gasteiger partial charge in [0.25, 0.3) is 0 Å². The van der Waals surface area contributed by atoms with E-state index in [9.17, 15) is 4.79 Å². The molecule has 0 saturated carbocycles. The summed E-state index contributed by atoms with van der Waals surface area (Å²) in [7, 11) is 0. The van der Waals surface area contributed by atoms with Crippen LogP contribution in [0.15, 0.2) is 30.3 Å². The lowest BCUT2D eigenvalue weighted by molar-refractivity contribution is -0.150. The molecule has 1 aromatic carbocycles. The molecule has 2 aliphatic heterocycles. The first-order valence-electron chi connectivity index (χ1n) is 8.67. The Morgan fingerprint density at radius 2 is 1.68 bits per heavy atom. The van der Waals surface area contributed by atoms with Crippen LogP contribution in [0.5, 0.6) is 0 Å². The average molecular weight is 302 g/mol. The number of rotatable bonds is 1. The molecule has 0 spiro atoms. The zero-order valence-electron chi connectivity index (χ0n) is 13.2. The van der Waals surface area contributed by atoms with Gasteiger partial charge in [-0.2, -0.15) is 0 Å². The summed E-state index contributed by atoms with van der Waals surface area (Å²) in [5.74, 6) is 0.402. The van der Waals surface area contributed by atoms with Crippen molar-refractivity contribution in [1.82, 2.24) is 0 Å². The molecule has 3 heteroatoms. The van der Waals surface area contributed by atoms with Crippen LogP contribution in [-0.4, -0.2) is 24.8 Å². The van der Waals surface area contributed by atoms with E-state index in [1.165, 1.54) is 18.4 Å². The van der Waals surface area contributed by atoms with Gasteiger partial charge in [-0.1, -0.05) is 49.6 Å². The average Bonchev–Trinajstić information content (AvgIpc) is 2.53. The maximum atomic E-state index is 11.9. The Morgan fingerprint density at radius 3 is 2.55 bits per heavy atom. The van der Waals surface area contributed by atoms with Crippen molar-refractivity contribution in [2.45, 2.75) is 69.5 Å². The molecule has 0 amide bonds. The maximum Gasteiger partial charge on any atom is 0.308 e. The van der Waals surface area contributed by atoms with E-state index < -0.39 is 0 Å². The smallest absolute Gasteiger partial charge is 0.308 e. The Labute approximate surface area is 133 Å². The van der Waals surface area contributed by atoms with Crippen LogP contribution >= 0.6 is 0 Å². The monoisotopic (exact) mass is 302 g/mol. The van der Waals surface area contributed by atoms with Gasteiger partial charge in [0.2, 0.25) is 0 Å². The summed E-state index contributed by atoms with van der Waals surface area (Å²) >= 11 is 0. The lowest BCUT2D eigenvalue weighted by Crippen LogP contribution is -2.34. The van der Waals surface area contributed by atoms with Crippen LogP contribution in [0.1, 0.15) is 62.8 Å². The van der Waals surface area contributed by atoms with Gasteiger partial charge in [-0.25, -0.2) is 0 Å². The topological polar surface area (TPSA) is 35.5 Å². The number of carbonyl (C=O) groups is 1. The van der Waals surface area contributed by atoms with Crippen LogP contribution in [0.3, 0.4) is 0 Å². The van der Waals surface area contributed by atoms with Gasteiger partial charge in [-0.3, -0.25) is 4.79 Å². The molecular weight excluding hydrogens is 276 g/mol. The van der Waals surface area contributed by atoms with Crippen LogP contribution in [-0.2, 0) is 14.3 Å².